The number of carbonyl (C=O) groups is 1. The number of phenolic OH excluding ortho intramolecular Hbond substituents is 1. The van der Waals surface area contributed by atoms with Crippen LogP contribution >= 0.6 is 0 Å². The van der Waals surface area contributed by atoms with Gasteiger partial charge in [-0.15, -0.1) is 0 Å². The highest BCUT2D eigenvalue weighted by atomic mass is 16.7. The SMILES string of the molecule is COC(=O)c1cc(OC)c(O)c2oc3c(c(=O)c12)[C@@H](O[C@H](C)[C@H](C)O)O[C@@H](C)C3. The molecule has 0 unspecified atom stereocenters. The highest BCUT2D eigenvalue weighted by Gasteiger charge is 2.35. The van der Waals surface area contributed by atoms with Crippen molar-refractivity contribution in [2.45, 2.75) is 51.8 Å². The highest BCUT2D eigenvalue weighted by molar-refractivity contribution is 6.05. The Labute approximate surface area is 166 Å². The van der Waals surface area contributed by atoms with Crippen molar-refractivity contribution in [3.8, 4) is 11.5 Å². The summed E-state index contributed by atoms with van der Waals surface area (Å²) in [4.78, 5) is 25.7. The smallest absolute Gasteiger partial charge is 0.338 e. The van der Waals surface area contributed by atoms with Crippen molar-refractivity contribution >= 4 is 16.9 Å². The maximum atomic E-state index is 13.4. The number of carbonyl (C=O) groups excluding carboxylic acids is 1. The molecule has 1 aromatic carbocycles. The molecule has 158 valence electrons. The third-order valence-electron chi connectivity index (χ3n) is 4.92. The third-order valence-corrected chi connectivity index (χ3v) is 4.92. The quantitative estimate of drug-likeness (QED) is 0.715. The van der Waals surface area contributed by atoms with Crippen LogP contribution in [0.5, 0.6) is 11.5 Å². The van der Waals surface area contributed by atoms with Crippen molar-refractivity contribution in [1.29, 1.82) is 0 Å². The van der Waals surface area contributed by atoms with E-state index in [1.807, 2.05) is 0 Å². The Hall–Kier alpha value is -2.62. The van der Waals surface area contributed by atoms with Gasteiger partial charge in [0.25, 0.3) is 0 Å². The molecule has 2 heterocycles. The van der Waals surface area contributed by atoms with E-state index in [0.29, 0.717) is 0 Å². The minimum Gasteiger partial charge on any atom is -0.502 e. The summed E-state index contributed by atoms with van der Waals surface area (Å²) in [7, 11) is 2.49. The number of aliphatic hydroxyl groups is 1. The Bertz CT molecular complexity index is 992. The lowest BCUT2D eigenvalue weighted by molar-refractivity contribution is -0.216. The van der Waals surface area contributed by atoms with E-state index in [1.165, 1.54) is 20.3 Å². The van der Waals surface area contributed by atoms with Crippen LogP contribution in [-0.4, -0.2) is 48.7 Å². The fourth-order valence-electron chi connectivity index (χ4n) is 3.20. The summed E-state index contributed by atoms with van der Waals surface area (Å²) in [6.07, 6.45) is -2.62. The van der Waals surface area contributed by atoms with Crippen LogP contribution in [0.1, 0.15) is 48.7 Å². The van der Waals surface area contributed by atoms with E-state index in [4.69, 9.17) is 23.4 Å². The molecule has 1 aliphatic rings. The number of rotatable bonds is 5. The fraction of sp³-hybridized carbons (Fsp3) is 0.500. The molecule has 0 saturated carbocycles. The van der Waals surface area contributed by atoms with Gasteiger partial charge in [-0.1, -0.05) is 0 Å². The second-order valence-electron chi connectivity index (χ2n) is 7.00. The average molecular weight is 408 g/mol. The maximum Gasteiger partial charge on any atom is 0.338 e. The van der Waals surface area contributed by atoms with E-state index < -0.39 is 35.6 Å². The summed E-state index contributed by atoms with van der Waals surface area (Å²) in [5.41, 5.74) is -0.799. The van der Waals surface area contributed by atoms with Gasteiger partial charge in [0.05, 0.1) is 49.0 Å². The molecular weight excluding hydrogens is 384 g/mol. The van der Waals surface area contributed by atoms with Gasteiger partial charge >= 0.3 is 5.97 Å². The van der Waals surface area contributed by atoms with Crippen LogP contribution in [-0.2, 0) is 20.6 Å². The van der Waals surface area contributed by atoms with Crippen LogP contribution in [0, 0.1) is 0 Å². The van der Waals surface area contributed by atoms with Crippen LogP contribution < -0.4 is 10.2 Å². The molecule has 9 nitrogen and oxygen atoms in total. The number of benzene rings is 1. The second kappa shape index (κ2) is 8.02. The molecule has 1 aliphatic heterocycles. The normalized spacial score (nSPS) is 20.8. The fourth-order valence-corrected chi connectivity index (χ4v) is 3.20. The molecule has 0 spiro atoms. The monoisotopic (exact) mass is 408 g/mol. The van der Waals surface area contributed by atoms with Gasteiger partial charge in [0.15, 0.2) is 17.6 Å². The molecule has 0 aliphatic carbocycles. The summed E-state index contributed by atoms with van der Waals surface area (Å²) in [5, 5.41) is 20.1. The van der Waals surface area contributed by atoms with Crippen LogP contribution in [0.2, 0.25) is 0 Å². The zero-order chi connectivity index (χ0) is 21.5. The Morgan fingerprint density at radius 3 is 2.59 bits per heavy atom. The molecule has 29 heavy (non-hydrogen) atoms. The van der Waals surface area contributed by atoms with Crippen molar-refractivity contribution in [3.05, 3.63) is 33.2 Å². The average Bonchev–Trinajstić information content (AvgIpc) is 2.67. The van der Waals surface area contributed by atoms with E-state index in [1.54, 1.807) is 20.8 Å². The predicted molar refractivity (Wildman–Crippen MR) is 101 cm³/mol. The molecule has 0 saturated heterocycles. The topological polar surface area (TPSA) is 125 Å². The van der Waals surface area contributed by atoms with Crippen LogP contribution in [0.25, 0.3) is 11.0 Å². The van der Waals surface area contributed by atoms with Crippen LogP contribution in [0.3, 0.4) is 0 Å². The minimum absolute atomic E-state index is 0.0309. The first-order valence-corrected chi connectivity index (χ1v) is 9.16. The summed E-state index contributed by atoms with van der Waals surface area (Å²) < 4.78 is 27.2. The van der Waals surface area contributed by atoms with Crippen molar-refractivity contribution < 1.29 is 38.4 Å². The van der Waals surface area contributed by atoms with Gasteiger partial charge in [-0.25, -0.2) is 4.79 Å². The number of ether oxygens (including phenoxy) is 4. The van der Waals surface area contributed by atoms with Crippen molar-refractivity contribution in [1.82, 2.24) is 0 Å². The molecule has 9 heteroatoms. The summed E-state index contributed by atoms with van der Waals surface area (Å²) in [6.45, 7) is 4.98. The largest absolute Gasteiger partial charge is 0.502 e. The van der Waals surface area contributed by atoms with E-state index in [-0.39, 0.29) is 46.1 Å². The van der Waals surface area contributed by atoms with Gasteiger partial charge < -0.3 is 33.6 Å². The van der Waals surface area contributed by atoms with E-state index in [9.17, 15) is 19.8 Å². The van der Waals surface area contributed by atoms with Gasteiger partial charge in [0.2, 0.25) is 11.2 Å². The Kier molecular flexibility index (Phi) is 5.83. The van der Waals surface area contributed by atoms with Gasteiger partial charge in [-0.3, -0.25) is 4.79 Å². The van der Waals surface area contributed by atoms with Gasteiger partial charge in [0, 0.05) is 6.42 Å². The minimum atomic E-state index is -1.10. The van der Waals surface area contributed by atoms with E-state index >= 15 is 0 Å². The second-order valence-corrected chi connectivity index (χ2v) is 7.00. The maximum absolute atomic E-state index is 13.4. The van der Waals surface area contributed by atoms with Crippen molar-refractivity contribution in [2.75, 3.05) is 14.2 Å². The van der Waals surface area contributed by atoms with Gasteiger partial charge in [0.1, 0.15) is 5.76 Å². The Balaban J connectivity index is 2.32. The highest BCUT2D eigenvalue weighted by Crippen LogP contribution is 2.40. The number of methoxy groups -OCH3 is 2. The Morgan fingerprint density at radius 1 is 1.31 bits per heavy atom. The molecule has 0 bridgehead atoms. The standard InChI is InChI=1S/C20H24O9/c1-8-6-12-15(20(27-8)28-10(3)9(2)21)17(23)14-11(19(24)26-5)7-13(25-4)16(22)18(14)29-12/h7-10,20-22H,6H2,1-5H3/t8-,9-,10+,20+/m0/s1. The summed E-state index contributed by atoms with van der Waals surface area (Å²) >= 11 is 0. The molecule has 0 fully saturated rings. The molecule has 2 aromatic rings. The number of aromatic hydroxyl groups is 1. The zero-order valence-corrected chi connectivity index (χ0v) is 16.8. The summed E-state index contributed by atoms with van der Waals surface area (Å²) in [6, 6.07) is 1.22. The number of phenols is 1. The molecule has 2 N–H and O–H groups in total. The number of esters is 1. The van der Waals surface area contributed by atoms with Crippen molar-refractivity contribution in [3.63, 3.8) is 0 Å². The first-order chi connectivity index (χ1) is 13.7. The molecule has 0 amide bonds. The first-order valence-electron chi connectivity index (χ1n) is 9.16. The molecule has 0 radical (unpaired) electrons. The molecular formula is C20H24O9. The van der Waals surface area contributed by atoms with Gasteiger partial charge in [-0.05, 0) is 26.8 Å². The Morgan fingerprint density at radius 2 is 2.00 bits per heavy atom. The molecule has 3 rings (SSSR count). The lowest BCUT2D eigenvalue weighted by Crippen LogP contribution is -2.35. The zero-order valence-electron chi connectivity index (χ0n) is 16.8. The first kappa shape index (κ1) is 21.1. The number of hydrogen-bond acceptors (Lipinski definition) is 9. The van der Waals surface area contributed by atoms with E-state index in [0.717, 1.165) is 0 Å². The van der Waals surface area contributed by atoms with E-state index in [2.05, 4.69) is 0 Å². The third kappa shape index (κ3) is 3.68. The lowest BCUT2D eigenvalue weighted by Gasteiger charge is -2.31. The lowest BCUT2D eigenvalue weighted by atomic mass is 10.00. The number of aliphatic hydroxyl groups excluding tert-OH is 1. The number of hydrogen-bond donors (Lipinski definition) is 2. The molecule has 4 atom stereocenters. The molecule has 1 aromatic heterocycles. The predicted octanol–water partition coefficient (Wildman–Crippen LogP) is 2.04. The van der Waals surface area contributed by atoms with Crippen LogP contribution in [0.15, 0.2) is 15.3 Å². The van der Waals surface area contributed by atoms with Crippen molar-refractivity contribution in [2.24, 2.45) is 0 Å². The van der Waals surface area contributed by atoms with Crippen LogP contribution in [0.4, 0.5) is 0 Å². The van der Waals surface area contributed by atoms with Gasteiger partial charge in [-0.2, -0.15) is 0 Å². The summed E-state index contributed by atoms with van der Waals surface area (Å²) in [5.74, 6) is -0.954. The number of fused-ring (bicyclic) bond motifs is 2.